The number of H-pyrrole nitrogens is 1. The van der Waals surface area contributed by atoms with Gasteiger partial charge >= 0.3 is 0 Å². The first kappa shape index (κ1) is 53.5. The number of unbranched alkanes of at least 4 members (excludes halogenated alkanes) is 2. The van der Waals surface area contributed by atoms with Gasteiger partial charge in [0.2, 0.25) is 11.8 Å². The number of fused-ring (bicyclic) bond motifs is 5. The largest absolute Gasteiger partial charge is 0.377 e. The number of ketones is 2. The molecule has 9 rings (SSSR count). The number of piperazine rings is 1. The van der Waals surface area contributed by atoms with Gasteiger partial charge in [-0.15, -0.1) is 0 Å². The van der Waals surface area contributed by atoms with E-state index in [1.807, 2.05) is 18.2 Å². The van der Waals surface area contributed by atoms with Crippen molar-refractivity contribution in [2.24, 2.45) is 22.7 Å². The molecular weight excluding hydrogens is 952 g/mol. The molecule has 3 aromatic carbocycles. The summed E-state index contributed by atoms with van der Waals surface area (Å²) in [5.41, 5.74) is 7.23. The minimum atomic E-state index is -0.633. The third kappa shape index (κ3) is 11.5. The van der Waals surface area contributed by atoms with Gasteiger partial charge in [-0.05, 0) is 134 Å². The second kappa shape index (κ2) is 23.3. The lowest BCUT2D eigenvalue weighted by molar-refractivity contribution is -0.138. The van der Waals surface area contributed by atoms with E-state index in [0.717, 1.165) is 70.0 Å². The Morgan fingerprint density at radius 2 is 1.61 bits per heavy atom. The van der Waals surface area contributed by atoms with Gasteiger partial charge < -0.3 is 29.5 Å². The predicted molar refractivity (Wildman–Crippen MR) is 286 cm³/mol. The zero-order chi connectivity index (χ0) is 52.9. The summed E-state index contributed by atoms with van der Waals surface area (Å²) in [7, 11) is 2.12. The minimum absolute atomic E-state index is 0.0124. The number of benzene rings is 3. The van der Waals surface area contributed by atoms with E-state index in [1.54, 1.807) is 40.5 Å². The fraction of sp³-hybridized carbons (Fsp3) is 0.517. The number of aromatic amines is 1. The summed E-state index contributed by atoms with van der Waals surface area (Å²) in [5, 5.41) is 10.8. The average molecular weight is 1030 g/mol. The third-order valence-corrected chi connectivity index (χ3v) is 17.7. The van der Waals surface area contributed by atoms with Gasteiger partial charge in [-0.25, -0.2) is 9.49 Å². The van der Waals surface area contributed by atoms with Crippen molar-refractivity contribution in [2.75, 3.05) is 77.6 Å². The number of carbonyl (C=O) groups is 5. The topological polar surface area (TPSA) is 171 Å². The first-order chi connectivity index (χ1) is 36.1. The van der Waals surface area contributed by atoms with Crippen LogP contribution in [0.25, 0.3) is 10.8 Å². The molecule has 75 heavy (non-hydrogen) atoms. The fourth-order valence-corrected chi connectivity index (χ4v) is 13.2. The molecule has 0 spiro atoms. The van der Waals surface area contributed by atoms with Gasteiger partial charge in [-0.3, -0.25) is 28.8 Å². The van der Waals surface area contributed by atoms with Crippen LogP contribution in [0.2, 0.25) is 0 Å². The lowest BCUT2D eigenvalue weighted by atomic mass is 9.48. The van der Waals surface area contributed by atoms with E-state index in [4.69, 9.17) is 9.47 Å². The number of rotatable bonds is 20. The van der Waals surface area contributed by atoms with Gasteiger partial charge in [0.15, 0.2) is 5.78 Å². The number of nitrogens with one attached hydrogen (secondary N) is 2. The predicted octanol–water partition coefficient (Wildman–Crippen LogP) is 8.28. The quantitative estimate of drug-likeness (QED) is 0.0822. The smallest absolute Gasteiger partial charge is 0.272 e. The summed E-state index contributed by atoms with van der Waals surface area (Å²) in [5.74, 6) is 0.426. The van der Waals surface area contributed by atoms with Crippen molar-refractivity contribution in [3.05, 3.63) is 128 Å². The monoisotopic (exact) mass is 1020 g/mol. The van der Waals surface area contributed by atoms with Gasteiger partial charge in [0, 0.05) is 88.0 Å². The Hall–Kier alpha value is -6.32. The van der Waals surface area contributed by atoms with Crippen LogP contribution in [0.15, 0.2) is 94.3 Å². The molecule has 398 valence electrons. The maximum absolute atomic E-state index is 15.0. The van der Waals surface area contributed by atoms with Crippen molar-refractivity contribution < 1.29 is 37.8 Å². The number of carbonyl (C=O) groups excluding carboxylic acids is 5. The normalized spacial score (nSPS) is 23.3. The molecule has 4 aliphatic carbocycles. The molecule has 0 bridgehead atoms. The van der Waals surface area contributed by atoms with Crippen molar-refractivity contribution in [2.45, 2.75) is 104 Å². The molecule has 14 nitrogen and oxygen atoms in total. The molecule has 0 unspecified atom stereocenters. The number of Topliss-reactive ketones (excluding diaryl/α,β-unsaturated/α-hetero) is 1. The van der Waals surface area contributed by atoms with E-state index in [-0.39, 0.29) is 78.4 Å². The molecule has 5 atom stereocenters. The maximum Gasteiger partial charge on any atom is 0.272 e. The van der Waals surface area contributed by atoms with Crippen molar-refractivity contribution in [3.63, 3.8) is 0 Å². The molecule has 4 aromatic rings. The molecular formula is C60H73FN6O8. The van der Waals surface area contributed by atoms with Crippen molar-refractivity contribution in [1.82, 2.24) is 25.3 Å². The summed E-state index contributed by atoms with van der Waals surface area (Å²) in [4.78, 5) is 82.3. The summed E-state index contributed by atoms with van der Waals surface area (Å²) >= 11 is 0. The molecule has 1 aliphatic heterocycles. The average Bonchev–Trinajstić information content (AvgIpc) is 3.70. The zero-order valence-electron chi connectivity index (χ0n) is 44.1. The molecule has 1 saturated heterocycles. The summed E-state index contributed by atoms with van der Waals surface area (Å²) < 4.78 is 26.2. The van der Waals surface area contributed by atoms with Crippen LogP contribution >= 0.6 is 0 Å². The molecule has 2 saturated carbocycles. The number of aromatic nitrogens is 2. The van der Waals surface area contributed by atoms with Gasteiger partial charge in [-0.1, -0.05) is 62.2 Å². The van der Waals surface area contributed by atoms with Gasteiger partial charge in [-0.2, -0.15) is 5.10 Å². The van der Waals surface area contributed by atoms with Crippen LogP contribution in [0.1, 0.15) is 124 Å². The highest BCUT2D eigenvalue weighted by Crippen LogP contribution is 2.69. The van der Waals surface area contributed by atoms with E-state index >= 15 is 0 Å². The van der Waals surface area contributed by atoms with E-state index in [1.165, 1.54) is 28.8 Å². The van der Waals surface area contributed by atoms with Crippen LogP contribution in [0.4, 0.5) is 10.1 Å². The lowest BCUT2D eigenvalue weighted by Crippen LogP contribution is -2.51. The van der Waals surface area contributed by atoms with E-state index in [9.17, 15) is 33.2 Å². The fourth-order valence-electron chi connectivity index (χ4n) is 13.2. The molecule has 3 amide bonds. The number of hydrogen-bond acceptors (Lipinski definition) is 10. The van der Waals surface area contributed by atoms with Gasteiger partial charge in [0.1, 0.15) is 18.2 Å². The Balaban J connectivity index is 0.634. The molecule has 1 aromatic heterocycles. The molecule has 2 heterocycles. The number of amides is 3. The zero-order valence-corrected chi connectivity index (χ0v) is 44.1. The Morgan fingerprint density at radius 1 is 0.867 bits per heavy atom. The van der Waals surface area contributed by atoms with Crippen molar-refractivity contribution in [3.8, 4) is 0 Å². The molecule has 5 aliphatic rings. The SMILES string of the molecule is CC(=O)[C@@]1(C)CC[C@H]2[C@@H]3CCC4=CC(=O)CCC4=C3[C@@H](c3ccc(N(C)CCCCCC(=O)NCCOCCOCC(=O)N4CCN(C(=O)c5cc(Cc6n[nH]c(=O)c7ccccc67)ccc5F)CC4)cc3)C[C@@]21C. The van der Waals surface area contributed by atoms with Gasteiger partial charge in [0.25, 0.3) is 11.5 Å². The highest BCUT2D eigenvalue weighted by Gasteiger charge is 2.63. The molecule has 2 N–H and O–H groups in total. The number of allylic oxidation sites excluding steroid dienone is 4. The Labute approximate surface area is 439 Å². The van der Waals surface area contributed by atoms with Crippen molar-refractivity contribution in [1.29, 1.82) is 0 Å². The third-order valence-electron chi connectivity index (χ3n) is 17.7. The number of ether oxygens (including phenoxy) is 2. The van der Waals surface area contributed by atoms with E-state index < -0.39 is 11.7 Å². The number of anilines is 1. The second-order valence-electron chi connectivity index (χ2n) is 22.0. The van der Waals surface area contributed by atoms with Gasteiger partial charge in [0.05, 0.1) is 36.5 Å². The van der Waals surface area contributed by atoms with Crippen LogP contribution in [0, 0.1) is 28.5 Å². The lowest BCUT2D eigenvalue weighted by Gasteiger charge is -2.55. The van der Waals surface area contributed by atoms with Crippen LogP contribution in [-0.4, -0.2) is 122 Å². The Kier molecular flexibility index (Phi) is 16.6. The van der Waals surface area contributed by atoms with Crippen molar-refractivity contribution >= 4 is 45.7 Å². The standard InChI is InChI=1S/C60H73FN6O8/c1-39(68)59(2)24-23-51-48-20-16-42-36-44(69)19-21-45(42)56(48)50(37-60(51,59)3)41-14-17-43(18-15-41)65(4)26-9-5-6-12-54(70)62-25-31-74-32-33-75-38-55(71)66-27-29-67(30-28-66)58(73)49-34-40(13-22-52(49)61)35-53-46-10-7-8-11-47(46)57(72)64-63-53/h7-8,10-11,13-15,17-18,22,34,36,48,50-51H,5-6,9,12,16,19-21,23-33,35,37-38H2,1-4H3,(H,62,70)(H,64,72)/t48-,50+,51-,59+,60-/m0/s1. The molecule has 15 heteroatoms. The summed E-state index contributed by atoms with van der Waals surface area (Å²) in [6.45, 7) is 9.43. The number of halogens is 1. The van der Waals surface area contributed by atoms with Crippen LogP contribution < -0.4 is 15.8 Å². The maximum atomic E-state index is 15.0. The van der Waals surface area contributed by atoms with E-state index in [2.05, 4.69) is 65.6 Å². The van der Waals surface area contributed by atoms with Crippen LogP contribution in [0.5, 0.6) is 0 Å². The first-order valence-electron chi connectivity index (χ1n) is 27.2. The van der Waals surface area contributed by atoms with E-state index in [0.29, 0.717) is 85.2 Å². The highest BCUT2D eigenvalue weighted by atomic mass is 19.1. The summed E-state index contributed by atoms with van der Waals surface area (Å²) in [6, 6.07) is 20.6. The molecule has 0 radical (unpaired) electrons. The highest BCUT2D eigenvalue weighted by molar-refractivity contribution is 5.95. The minimum Gasteiger partial charge on any atom is -0.377 e. The first-order valence-corrected chi connectivity index (χ1v) is 27.2. The Morgan fingerprint density at radius 3 is 2.39 bits per heavy atom. The number of hydrogen-bond donors (Lipinski definition) is 2. The van der Waals surface area contributed by atoms with Crippen LogP contribution in [0.3, 0.4) is 0 Å². The summed E-state index contributed by atoms with van der Waals surface area (Å²) in [6.07, 6.45) is 11.8. The van der Waals surface area contributed by atoms with Crippen LogP contribution in [-0.2, 0) is 35.1 Å². The molecule has 3 fully saturated rings. The Bertz CT molecular complexity index is 2920. The number of nitrogens with zero attached hydrogens (tertiary/aromatic N) is 4. The second-order valence-corrected chi connectivity index (χ2v) is 22.0.